The van der Waals surface area contributed by atoms with Crippen LogP contribution in [0, 0.1) is 5.92 Å². The zero-order valence-electron chi connectivity index (χ0n) is 23.1. The molecule has 0 N–H and O–H groups in total. The van der Waals surface area contributed by atoms with Crippen molar-refractivity contribution in [2.75, 3.05) is 25.0 Å². The highest BCUT2D eigenvalue weighted by Crippen LogP contribution is 2.32. The Kier molecular flexibility index (Phi) is 14.7. The molecule has 11 heteroatoms. The third-order valence-electron chi connectivity index (χ3n) is 6.14. The Balaban J connectivity index is 2.18. The van der Waals surface area contributed by atoms with Crippen molar-refractivity contribution in [3.63, 3.8) is 0 Å². The van der Waals surface area contributed by atoms with Crippen LogP contribution in [0.1, 0.15) is 39.2 Å². The number of halogens is 2. The van der Waals surface area contributed by atoms with Gasteiger partial charge in [-0.25, -0.2) is 0 Å². The van der Waals surface area contributed by atoms with E-state index >= 15 is 0 Å². The first kappa shape index (κ1) is 33.8. The Morgan fingerprint density at radius 3 is 2.38 bits per heavy atom. The number of benzene rings is 1. The molecule has 0 aliphatic carbocycles. The van der Waals surface area contributed by atoms with Crippen LogP contribution in [0.2, 0.25) is 0 Å². The number of esters is 3. The molecule has 222 valence electrons. The summed E-state index contributed by atoms with van der Waals surface area (Å²) in [5.74, 6) is -3.22. The predicted octanol–water partition coefficient (Wildman–Crippen LogP) is 4.73. The minimum Gasteiger partial charge on any atom is -0.466 e. The molecule has 0 fully saturated rings. The summed E-state index contributed by atoms with van der Waals surface area (Å²) >= 11 is 11.2. The first-order chi connectivity index (χ1) is 19.1. The fourth-order valence-electron chi connectivity index (χ4n) is 4.20. The third-order valence-corrected chi connectivity index (χ3v) is 6.57. The molecular formula is C29H38Cl2O9. The molecule has 1 aromatic carbocycles. The van der Waals surface area contributed by atoms with Gasteiger partial charge in [0, 0.05) is 5.92 Å². The van der Waals surface area contributed by atoms with Crippen LogP contribution in [-0.4, -0.2) is 73.1 Å². The molecule has 1 aromatic rings. The summed E-state index contributed by atoms with van der Waals surface area (Å²) in [6.07, 6.45) is 2.78. The van der Waals surface area contributed by atoms with Crippen LogP contribution in [0.4, 0.5) is 0 Å². The molecule has 40 heavy (non-hydrogen) atoms. The van der Waals surface area contributed by atoms with E-state index in [2.05, 4.69) is 6.58 Å². The molecule has 0 saturated heterocycles. The number of alkyl halides is 2. The summed E-state index contributed by atoms with van der Waals surface area (Å²) in [5, 5.41) is 0. The molecule has 0 amide bonds. The largest absolute Gasteiger partial charge is 0.466 e. The Labute approximate surface area is 245 Å². The molecule has 0 saturated carbocycles. The number of rotatable bonds is 17. The first-order valence-electron chi connectivity index (χ1n) is 13.0. The highest BCUT2D eigenvalue weighted by atomic mass is 35.5. The Morgan fingerprint density at radius 1 is 1.07 bits per heavy atom. The van der Waals surface area contributed by atoms with Crippen LogP contribution >= 0.6 is 23.2 Å². The zero-order chi connectivity index (χ0) is 29.5. The molecular weight excluding hydrogens is 563 g/mol. The average molecular weight is 602 g/mol. The summed E-state index contributed by atoms with van der Waals surface area (Å²) < 4.78 is 34.2. The lowest BCUT2D eigenvalue weighted by Gasteiger charge is -2.39. The highest BCUT2D eigenvalue weighted by Gasteiger charge is 2.39. The molecule has 1 aliphatic rings. The molecule has 1 aliphatic heterocycles. The number of ether oxygens (including phenoxy) is 6. The van der Waals surface area contributed by atoms with Crippen LogP contribution in [0.5, 0.6) is 0 Å². The Hall–Kier alpha value is -2.43. The second kappa shape index (κ2) is 17.4. The predicted molar refractivity (Wildman–Crippen MR) is 150 cm³/mol. The van der Waals surface area contributed by atoms with E-state index in [1.807, 2.05) is 43.3 Å². The van der Waals surface area contributed by atoms with E-state index in [-0.39, 0.29) is 44.1 Å². The van der Waals surface area contributed by atoms with Crippen molar-refractivity contribution >= 4 is 41.1 Å². The van der Waals surface area contributed by atoms with Gasteiger partial charge in [-0.3, -0.25) is 14.4 Å². The number of carbonyl (C=O) groups is 3. The van der Waals surface area contributed by atoms with E-state index < -0.39 is 47.7 Å². The summed E-state index contributed by atoms with van der Waals surface area (Å²) in [7, 11) is 0. The molecule has 0 aromatic heterocycles. The maximum Gasteiger partial charge on any atom is 0.321 e. The fourth-order valence-corrected chi connectivity index (χ4v) is 4.34. The quantitative estimate of drug-likeness (QED) is 0.108. The van der Waals surface area contributed by atoms with Crippen molar-refractivity contribution in [1.82, 2.24) is 0 Å². The second-order valence-corrected chi connectivity index (χ2v) is 10.0. The van der Waals surface area contributed by atoms with E-state index in [1.54, 1.807) is 26.0 Å². The van der Waals surface area contributed by atoms with Gasteiger partial charge in [0.15, 0.2) is 6.29 Å². The van der Waals surface area contributed by atoms with Crippen molar-refractivity contribution in [2.45, 2.75) is 70.4 Å². The van der Waals surface area contributed by atoms with Gasteiger partial charge in [-0.15, -0.1) is 29.8 Å². The zero-order valence-corrected chi connectivity index (χ0v) is 24.6. The van der Waals surface area contributed by atoms with E-state index in [0.717, 1.165) is 5.56 Å². The van der Waals surface area contributed by atoms with Crippen LogP contribution in [0.3, 0.4) is 0 Å². The Bertz CT molecular complexity index is 987. The summed E-state index contributed by atoms with van der Waals surface area (Å²) in [4.78, 5) is 36.2. The van der Waals surface area contributed by atoms with Crippen LogP contribution < -0.4 is 0 Å². The van der Waals surface area contributed by atoms with E-state index in [4.69, 9.17) is 51.6 Å². The van der Waals surface area contributed by atoms with Gasteiger partial charge >= 0.3 is 17.9 Å². The fraction of sp³-hybridized carbons (Fsp3) is 0.552. The molecule has 0 unspecified atom stereocenters. The molecule has 0 radical (unpaired) electrons. The minimum atomic E-state index is -1.15. The maximum absolute atomic E-state index is 12.6. The second-order valence-electron chi connectivity index (χ2n) is 9.49. The minimum absolute atomic E-state index is 0.126. The topological polar surface area (TPSA) is 107 Å². The van der Waals surface area contributed by atoms with Crippen LogP contribution in [0.15, 0.2) is 55.1 Å². The van der Waals surface area contributed by atoms with Crippen LogP contribution in [-0.2, 0) is 49.4 Å². The standard InChI is InChI=1S/C29H38Cl2O9/c1-5-22(24(39-27(34)17-31)19-37-26(33)16-30)14-29(4,15-25(32)35-6-2)40-28-13-12-23(20(3)38-28)36-18-21-10-8-7-9-11-21/h5,7-13,20,22-24,28H,1,6,14-19H2,2-4H3/t20-,22-,23-,24+,28-,29+/m0/s1. The SMILES string of the molecule is C=C[C@@H](C[C@](C)(CC(=O)OCC)O[C@H]1C=C[C@H](OCc2ccccc2)[C@H](C)O1)[C@@H](COC(=O)CCl)OC(=O)CCl. The van der Waals surface area contributed by atoms with Gasteiger partial charge in [-0.2, -0.15) is 0 Å². The highest BCUT2D eigenvalue weighted by molar-refractivity contribution is 6.26. The number of carbonyl (C=O) groups excluding carboxylic acids is 3. The lowest BCUT2D eigenvalue weighted by atomic mass is 9.85. The summed E-state index contributed by atoms with van der Waals surface area (Å²) in [6, 6.07) is 9.80. The van der Waals surface area contributed by atoms with Crippen LogP contribution in [0.25, 0.3) is 0 Å². The molecule has 9 nitrogen and oxygen atoms in total. The normalized spacial score (nSPS) is 21.5. The first-order valence-corrected chi connectivity index (χ1v) is 14.1. The van der Waals surface area contributed by atoms with E-state index in [0.29, 0.717) is 6.61 Å². The molecule has 0 spiro atoms. The third kappa shape index (κ3) is 11.6. The molecule has 1 heterocycles. The number of hydrogen-bond donors (Lipinski definition) is 0. The average Bonchev–Trinajstić information content (AvgIpc) is 2.93. The van der Waals surface area contributed by atoms with Gasteiger partial charge in [-0.1, -0.05) is 42.5 Å². The van der Waals surface area contributed by atoms with Gasteiger partial charge < -0.3 is 28.4 Å². The van der Waals surface area contributed by atoms with Crippen molar-refractivity contribution < 1.29 is 42.8 Å². The lowest BCUT2D eigenvalue weighted by molar-refractivity contribution is -0.228. The lowest BCUT2D eigenvalue weighted by Crippen LogP contribution is -2.45. The molecule has 0 bridgehead atoms. The van der Waals surface area contributed by atoms with Crippen molar-refractivity contribution in [2.24, 2.45) is 5.92 Å². The van der Waals surface area contributed by atoms with Crippen molar-refractivity contribution in [3.8, 4) is 0 Å². The van der Waals surface area contributed by atoms with Gasteiger partial charge in [0.05, 0.1) is 31.3 Å². The maximum atomic E-state index is 12.6. The Morgan fingerprint density at radius 2 is 1.77 bits per heavy atom. The van der Waals surface area contributed by atoms with E-state index in [1.165, 1.54) is 0 Å². The molecule has 2 rings (SSSR count). The van der Waals surface area contributed by atoms with Gasteiger partial charge in [0.2, 0.25) is 0 Å². The van der Waals surface area contributed by atoms with E-state index in [9.17, 15) is 14.4 Å². The summed E-state index contributed by atoms with van der Waals surface area (Å²) in [6.45, 7) is 9.50. The van der Waals surface area contributed by atoms with Gasteiger partial charge in [0.1, 0.15) is 30.6 Å². The summed E-state index contributed by atoms with van der Waals surface area (Å²) in [5.41, 5.74) is -0.111. The van der Waals surface area contributed by atoms with Gasteiger partial charge in [-0.05, 0) is 38.8 Å². The van der Waals surface area contributed by atoms with Crippen molar-refractivity contribution in [1.29, 1.82) is 0 Å². The molecule has 6 atom stereocenters. The van der Waals surface area contributed by atoms with Gasteiger partial charge in [0.25, 0.3) is 0 Å². The van der Waals surface area contributed by atoms with Crippen molar-refractivity contribution in [3.05, 3.63) is 60.7 Å². The monoisotopic (exact) mass is 600 g/mol. The smallest absolute Gasteiger partial charge is 0.321 e. The number of hydrogen-bond acceptors (Lipinski definition) is 9.